The molecule has 0 aliphatic carbocycles. The quantitative estimate of drug-likeness (QED) is 0.414. The van der Waals surface area contributed by atoms with Crippen LogP contribution in [-0.2, 0) is 11.2 Å². The average molecular weight is 457 g/mol. The van der Waals surface area contributed by atoms with Gasteiger partial charge in [0.2, 0.25) is 11.8 Å². The lowest BCUT2D eigenvalue weighted by molar-refractivity contribution is -0.115. The summed E-state index contributed by atoms with van der Waals surface area (Å²) in [6, 6.07) is 11.3. The van der Waals surface area contributed by atoms with Crippen LogP contribution in [0.5, 0.6) is 0 Å². The van der Waals surface area contributed by atoms with Gasteiger partial charge in [0, 0.05) is 21.8 Å². The molecule has 0 saturated carbocycles. The fourth-order valence-electron chi connectivity index (χ4n) is 3.07. The molecule has 0 spiro atoms. The van der Waals surface area contributed by atoms with Gasteiger partial charge in [-0.3, -0.25) is 10.1 Å². The molecule has 1 amide bonds. The Morgan fingerprint density at radius 2 is 1.94 bits per heavy atom. The Bertz CT molecular complexity index is 1240. The van der Waals surface area contributed by atoms with Crippen LogP contribution in [0.2, 0.25) is 10.0 Å². The molecule has 4 rings (SSSR count). The minimum absolute atomic E-state index is 0.0621. The van der Waals surface area contributed by atoms with Crippen LogP contribution in [0.4, 0.5) is 10.3 Å². The minimum Gasteiger partial charge on any atom is -0.337 e. The summed E-state index contributed by atoms with van der Waals surface area (Å²) in [5, 5.41) is 7.59. The van der Waals surface area contributed by atoms with Gasteiger partial charge in [0.05, 0.1) is 17.7 Å². The largest absolute Gasteiger partial charge is 0.337 e. The summed E-state index contributed by atoms with van der Waals surface area (Å²) in [7, 11) is 0. The number of nitrogens with one attached hydrogen (secondary N) is 1. The Morgan fingerprint density at radius 3 is 2.61 bits per heavy atom. The predicted molar refractivity (Wildman–Crippen MR) is 116 cm³/mol. The highest BCUT2D eigenvalue weighted by Crippen LogP contribution is 2.37. The maximum absolute atomic E-state index is 13.7. The number of carbonyl (C=O) groups excluding carboxylic acids is 1. The van der Waals surface area contributed by atoms with Crippen LogP contribution in [0.15, 0.2) is 59.5 Å². The van der Waals surface area contributed by atoms with Crippen molar-refractivity contribution in [2.45, 2.75) is 13.3 Å². The molecule has 156 valence electrons. The highest BCUT2D eigenvalue weighted by atomic mass is 35.5. The zero-order valence-electron chi connectivity index (χ0n) is 16.2. The Labute approximate surface area is 187 Å². The van der Waals surface area contributed by atoms with Gasteiger partial charge in [-0.2, -0.15) is 0 Å². The first-order valence-corrected chi connectivity index (χ1v) is 9.95. The normalized spacial score (nSPS) is 10.8. The second-order valence-electron chi connectivity index (χ2n) is 6.72. The molecule has 2 heterocycles. The van der Waals surface area contributed by atoms with E-state index in [4.69, 9.17) is 27.7 Å². The number of carbonyl (C=O) groups is 1. The van der Waals surface area contributed by atoms with Crippen molar-refractivity contribution in [2.75, 3.05) is 5.32 Å². The van der Waals surface area contributed by atoms with Gasteiger partial charge in [0.15, 0.2) is 0 Å². The lowest BCUT2D eigenvalue weighted by atomic mass is 10.0. The summed E-state index contributed by atoms with van der Waals surface area (Å²) >= 11 is 12.3. The average Bonchev–Trinajstić information content (AvgIpc) is 3.17. The van der Waals surface area contributed by atoms with E-state index in [1.165, 1.54) is 12.4 Å². The molecule has 0 unspecified atom stereocenters. The second-order valence-corrected chi connectivity index (χ2v) is 7.53. The van der Waals surface area contributed by atoms with Crippen LogP contribution in [0.1, 0.15) is 11.1 Å². The maximum Gasteiger partial charge on any atom is 0.241 e. The summed E-state index contributed by atoms with van der Waals surface area (Å²) < 4.78 is 19.2. The molecule has 2 aromatic heterocycles. The highest BCUT2D eigenvalue weighted by Gasteiger charge is 2.23. The van der Waals surface area contributed by atoms with E-state index in [1.807, 2.05) is 0 Å². The van der Waals surface area contributed by atoms with Gasteiger partial charge in [-0.05, 0) is 54.4 Å². The number of anilines is 1. The number of halogens is 3. The van der Waals surface area contributed by atoms with Gasteiger partial charge in [-0.15, -0.1) is 0 Å². The molecule has 1 N–H and O–H groups in total. The third-order valence-electron chi connectivity index (χ3n) is 4.61. The van der Waals surface area contributed by atoms with Crippen molar-refractivity contribution in [3.05, 3.63) is 82.0 Å². The molecule has 9 heteroatoms. The summed E-state index contributed by atoms with van der Waals surface area (Å²) in [4.78, 5) is 20.9. The Kier molecular flexibility index (Phi) is 5.97. The summed E-state index contributed by atoms with van der Waals surface area (Å²) in [5.41, 5.74) is 2.92. The zero-order valence-corrected chi connectivity index (χ0v) is 17.7. The summed E-state index contributed by atoms with van der Waals surface area (Å²) in [6.07, 6.45) is 2.87. The van der Waals surface area contributed by atoms with Gasteiger partial charge < -0.3 is 4.52 Å². The SMILES string of the molecule is Cc1cc(-c2noc(NC(=O)Cc3c(Cl)cccc3Cl)c2-c2ccncn2)ccc1F. The summed E-state index contributed by atoms with van der Waals surface area (Å²) in [5.74, 6) is -0.631. The van der Waals surface area contributed by atoms with Gasteiger partial charge in [-0.25, -0.2) is 14.4 Å². The predicted octanol–water partition coefficient (Wildman–Crippen LogP) is 5.73. The van der Waals surface area contributed by atoms with Crippen molar-refractivity contribution in [1.82, 2.24) is 15.1 Å². The van der Waals surface area contributed by atoms with Gasteiger partial charge in [0.1, 0.15) is 17.8 Å². The molecular formula is C22H15Cl2FN4O2. The Morgan fingerprint density at radius 1 is 1.16 bits per heavy atom. The maximum atomic E-state index is 13.7. The molecule has 0 atom stereocenters. The molecule has 2 aromatic carbocycles. The van der Waals surface area contributed by atoms with Gasteiger partial charge in [-0.1, -0.05) is 34.4 Å². The van der Waals surface area contributed by atoms with Crippen LogP contribution in [0, 0.1) is 12.7 Å². The molecular weight excluding hydrogens is 442 g/mol. The lowest BCUT2D eigenvalue weighted by Gasteiger charge is -2.08. The number of hydrogen-bond donors (Lipinski definition) is 1. The molecule has 0 radical (unpaired) electrons. The molecule has 0 bridgehead atoms. The van der Waals surface area contributed by atoms with Crippen LogP contribution >= 0.6 is 23.2 Å². The lowest BCUT2D eigenvalue weighted by Crippen LogP contribution is -2.15. The van der Waals surface area contributed by atoms with E-state index >= 15 is 0 Å². The van der Waals surface area contributed by atoms with E-state index in [0.717, 1.165) is 0 Å². The molecule has 0 saturated heterocycles. The molecule has 0 aliphatic heterocycles. The van der Waals surface area contributed by atoms with E-state index in [0.29, 0.717) is 43.7 Å². The van der Waals surface area contributed by atoms with Gasteiger partial charge >= 0.3 is 0 Å². The smallest absolute Gasteiger partial charge is 0.241 e. The number of amides is 1. The number of aromatic nitrogens is 3. The van der Waals surface area contributed by atoms with E-state index < -0.39 is 5.91 Å². The minimum atomic E-state index is -0.400. The van der Waals surface area contributed by atoms with Crippen molar-refractivity contribution in [3.63, 3.8) is 0 Å². The standard InChI is InChI=1S/C22H15Cl2FN4O2/c1-12-9-13(5-6-17(12)25)21-20(18-7-8-26-11-27-18)22(31-29-21)28-19(30)10-14-15(23)3-2-4-16(14)24/h2-9,11H,10H2,1H3,(H,28,30). The number of aryl methyl sites for hydroxylation is 1. The van der Waals surface area contributed by atoms with E-state index in [9.17, 15) is 9.18 Å². The van der Waals surface area contributed by atoms with Crippen molar-refractivity contribution in [3.8, 4) is 22.5 Å². The summed E-state index contributed by atoms with van der Waals surface area (Å²) in [6.45, 7) is 1.65. The van der Waals surface area contributed by atoms with Crippen molar-refractivity contribution in [2.24, 2.45) is 0 Å². The highest BCUT2D eigenvalue weighted by molar-refractivity contribution is 6.36. The monoisotopic (exact) mass is 456 g/mol. The van der Waals surface area contributed by atoms with Crippen molar-refractivity contribution < 1.29 is 13.7 Å². The fourth-order valence-corrected chi connectivity index (χ4v) is 3.60. The first-order valence-electron chi connectivity index (χ1n) is 9.19. The first-order chi connectivity index (χ1) is 14.9. The molecule has 4 aromatic rings. The molecule has 31 heavy (non-hydrogen) atoms. The van der Waals surface area contributed by atoms with E-state index in [1.54, 1.807) is 49.5 Å². The number of rotatable bonds is 5. The van der Waals surface area contributed by atoms with Crippen LogP contribution in [0.25, 0.3) is 22.5 Å². The van der Waals surface area contributed by atoms with E-state index in [-0.39, 0.29) is 18.1 Å². The Hall–Kier alpha value is -3.29. The molecule has 0 aliphatic rings. The number of benzene rings is 2. The zero-order chi connectivity index (χ0) is 22.0. The Balaban J connectivity index is 1.72. The molecule has 0 fully saturated rings. The van der Waals surface area contributed by atoms with E-state index in [2.05, 4.69) is 20.4 Å². The molecule has 6 nitrogen and oxygen atoms in total. The van der Waals surface area contributed by atoms with Gasteiger partial charge in [0.25, 0.3) is 0 Å². The van der Waals surface area contributed by atoms with Crippen LogP contribution in [0.3, 0.4) is 0 Å². The second kappa shape index (κ2) is 8.83. The number of nitrogens with zero attached hydrogens (tertiary/aromatic N) is 3. The fraction of sp³-hybridized carbons (Fsp3) is 0.0909. The van der Waals surface area contributed by atoms with Crippen molar-refractivity contribution in [1.29, 1.82) is 0 Å². The number of hydrogen-bond acceptors (Lipinski definition) is 5. The van der Waals surface area contributed by atoms with Crippen LogP contribution < -0.4 is 5.32 Å². The topological polar surface area (TPSA) is 80.9 Å². The van der Waals surface area contributed by atoms with Crippen LogP contribution in [-0.4, -0.2) is 21.0 Å². The van der Waals surface area contributed by atoms with Crippen molar-refractivity contribution >= 4 is 35.0 Å². The first kappa shape index (κ1) is 21.0. The third-order valence-corrected chi connectivity index (χ3v) is 5.32. The third kappa shape index (κ3) is 4.42.